The fourth-order valence-electron chi connectivity index (χ4n) is 4.87. The number of carbonyl (C=O) groups excluding carboxylic acids is 2. The van der Waals surface area contributed by atoms with E-state index in [9.17, 15) is 14.0 Å². The Kier molecular flexibility index (Phi) is 9.24. The molecule has 1 aliphatic rings. The van der Waals surface area contributed by atoms with Crippen molar-refractivity contribution in [3.8, 4) is 11.4 Å². The third kappa shape index (κ3) is 6.93. The molecule has 13 heteroatoms. The number of methoxy groups -OCH3 is 1. The van der Waals surface area contributed by atoms with E-state index in [4.69, 9.17) is 21.4 Å². The largest absolute Gasteiger partial charge is 0.497 e. The Morgan fingerprint density at radius 3 is 2.58 bits per heavy atom. The van der Waals surface area contributed by atoms with Crippen molar-refractivity contribution in [2.75, 3.05) is 12.9 Å². The average Bonchev–Trinajstić information content (AvgIpc) is 3.83. The fourth-order valence-corrected chi connectivity index (χ4v) is 6.52. The summed E-state index contributed by atoms with van der Waals surface area (Å²) in [7, 11) is 1.60. The summed E-state index contributed by atoms with van der Waals surface area (Å²) in [6, 6.07) is 23.9. The van der Waals surface area contributed by atoms with Crippen molar-refractivity contribution in [1.82, 2.24) is 25.1 Å². The van der Waals surface area contributed by atoms with Crippen molar-refractivity contribution >= 4 is 52.2 Å². The molecule has 0 saturated heterocycles. The van der Waals surface area contributed by atoms with Crippen LogP contribution >= 0.6 is 34.7 Å². The van der Waals surface area contributed by atoms with Crippen molar-refractivity contribution in [2.45, 2.75) is 24.2 Å². The Hall–Kier alpha value is -4.52. The Labute approximate surface area is 271 Å². The van der Waals surface area contributed by atoms with Gasteiger partial charge < -0.3 is 10.1 Å². The van der Waals surface area contributed by atoms with E-state index in [1.54, 1.807) is 48.1 Å². The number of nitrogens with one attached hydrogen (secondary N) is 1. The van der Waals surface area contributed by atoms with Gasteiger partial charge in [0.15, 0.2) is 11.0 Å². The van der Waals surface area contributed by atoms with Crippen LogP contribution in [-0.4, -0.2) is 50.2 Å². The number of benzene rings is 3. The van der Waals surface area contributed by atoms with Gasteiger partial charge in [-0.2, -0.15) is 5.10 Å². The molecule has 2 aromatic heterocycles. The number of thiophene rings is 1. The molecule has 0 fully saturated rings. The number of hydrogen-bond donors (Lipinski definition) is 1. The normalized spacial score (nSPS) is 14.3. The van der Waals surface area contributed by atoms with Crippen LogP contribution in [-0.2, 0) is 11.3 Å². The molecule has 3 heterocycles. The summed E-state index contributed by atoms with van der Waals surface area (Å²) in [6.07, 6.45) is 0.459. The molecule has 5 aromatic rings. The molecule has 0 aliphatic carbocycles. The standard InChI is InChI=1S/C32H26ClFN6O3S2/c1-43-25-13-9-20(10-14-25)26-17-27(21-7-11-23(34)12-8-21)40(38-26)30(41)19-45-32-37-36-29(18-35-31(42)28-6-3-15-44-28)39(32)24-5-2-4-22(33)16-24/h2-16,27H,17-19H2,1H3,(H,35,42). The number of aromatic nitrogens is 3. The summed E-state index contributed by atoms with van der Waals surface area (Å²) in [4.78, 5) is 27.0. The van der Waals surface area contributed by atoms with E-state index < -0.39 is 6.04 Å². The lowest BCUT2D eigenvalue weighted by Gasteiger charge is -2.22. The van der Waals surface area contributed by atoms with Gasteiger partial charge in [-0.1, -0.05) is 47.6 Å². The van der Waals surface area contributed by atoms with Crippen LogP contribution in [0.5, 0.6) is 5.75 Å². The van der Waals surface area contributed by atoms with Gasteiger partial charge in [0.25, 0.3) is 11.8 Å². The van der Waals surface area contributed by atoms with Crippen molar-refractivity contribution in [3.63, 3.8) is 0 Å². The van der Waals surface area contributed by atoms with Crippen LogP contribution in [0, 0.1) is 5.82 Å². The van der Waals surface area contributed by atoms with Crippen molar-refractivity contribution in [1.29, 1.82) is 0 Å². The summed E-state index contributed by atoms with van der Waals surface area (Å²) in [6.45, 7) is 0.110. The number of amides is 2. The first-order valence-electron chi connectivity index (χ1n) is 13.8. The predicted molar refractivity (Wildman–Crippen MR) is 173 cm³/mol. The summed E-state index contributed by atoms with van der Waals surface area (Å²) in [5.74, 6) is 0.349. The minimum Gasteiger partial charge on any atom is -0.497 e. The summed E-state index contributed by atoms with van der Waals surface area (Å²) < 4.78 is 20.8. The first-order chi connectivity index (χ1) is 21.9. The van der Waals surface area contributed by atoms with E-state index >= 15 is 0 Å². The monoisotopic (exact) mass is 660 g/mol. The zero-order valence-corrected chi connectivity index (χ0v) is 26.3. The number of hydrogen-bond acceptors (Lipinski definition) is 8. The lowest BCUT2D eigenvalue weighted by molar-refractivity contribution is -0.130. The van der Waals surface area contributed by atoms with Gasteiger partial charge in [-0.05, 0) is 77.2 Å². The molecule has 0 saturated carbocycles. The molecule has 0 spiro atoms. The molecule has 1 unspecified atom stereocenters. The Balaban J connectivity index is 1.25. The molecule has 45 heavy (non-hydrogen) atoms. The maximum Gasteiger partial charge on any atom is 0.261 e. The van der Waals surface area contributed by atoms with Crippen LogP contribution in [0.15, 0.2) is 101 Å². The van der Waals surface area contributed by atoms with Crippen LogP contribution in [0.4, 0.5) is 4.39 Å². The van der Waals surface area contributed by atoms with E-state index in [1.165, 1.54) is 40.2 Å². The van der Waals surface area contributed by atoms with Crippen molar-refractivity contribution in [3.05, 3.63) is 123 Å². The molecule has 0 bridgehead atoms. The van der Waals surface area contributed by atoms with E-state index in [2.05, 4.69) is 15.5 Å². The first-order valence-corrected chi connectivity index (χ1v) is 16.1. The van der Waals surface area contributed by atoms with E-state index in [-0.39, 0.29) is 29.9 Å². The summed E-state index contributed by atoms with van der Waals surface area (Å²) in [5.41, 5.74) is 3.05. The van der Waals surface area contributed by atoms with Crippen LogP contribution < -0.4 is 10.1 Å². The maximum absolute atomic E-state index is 13.8. The molecule has 228 valence electrons. The smallest absolute Gasteiger partial charge is 0.261 e. The number of thioether (sulfide) groups is 1. The fraction of sp³-hybridized carbons (Fsp3) is 0.156. The Bertz CT molecular complexity index is 1850. The number of ether oxygens (including phenoxy) is 1. The second kappa shape index (κ2) is 13.6. The van der Waals surface area contributed by atoms with Gasteiger partial charge in [0.2, 0.25) is 0 Å². The Morgan fingerprint density at radius 1 is 1.07 bits per heavy atom. The molecule has 1 N–H and O–H groups in total. The second-order valence-corrected chi connectivity index (χ2v) is 12.3. The van der Waals surface area contributed by atoms with Crippen molar-refractivity contribution < 1.29 is 18.7 Å². The topological polar surface area (TPSA) is 102 Å². The zero-order valence-electron chi connectivity index (χ0n) is 23.9. The highest BCUT2D eigenvalue weighted by Crippen LogP contribution is 2.34. The summed E-state index contributed by atoms with van der Waals surface area (Å²) in [5, 5.41) is 20.5. The molecule has 1 aliphatic heterocycles. The molecule has 6 rings (SSSR count). The number of halogens is 2. The van der Waals surface area contributed by atoms with Gasteiger partial charge >= 0.3 is 0 Å². The van der Waals surface area contributed by atoms with Gasteiger partial charge in [0.1, 0.15) is 11.6 Å². The van der Waals surface area contributed by atoms with Gasteiger partial charge in [-0.15, -0.1) is 21.5 Å². The number of hydrazone groups is 1. The van der Waals surface area contributed by atoms with E-state index in [0.717, 1.165) is 16.8 Å². The molecule has 3 aromatic carbocycles. The molecule has 0 radical (unpaired) electrons. The van der Waals surface area contributed by atoms with Crippen LogP contribution in [0.1, 0.15) is 39.1 Å². The lowest BCUT2D eigenvalue weighted by atomic mass is 9.98. The summed E-state index contributed by atoms with van der Waals surface area (Å²) >= 11 is 8.84. The average molecular weight is 661 g/mol. The number of carbonyl (C=O) groups is 2. The minimum absolute atomic E-state index is 0.00264. The van der Waals surface area contributed by atoms with Gasteiger partial charge in [0.05, 0.1) is 41.7 Å². The molecule has 9 nitrogen and oxygen atoms in total. The SMILES string of the molecule is COc1ccc(C2=NN(C(=O)CSc3nnc(CNC(=O)c4cccs4)n3-c3cccc(Cl)c3)C(c3ccc(F)cc3)C2)cc1. The third-order valence-electron chi connectivity index (χ3n) is 7.09. The van der Waals surface area contributed by atoms with Gasteiger partial charge in [-0.3, -0.25) is 14.2 Å². The maximum atomic E-state index is 13.8. The van der Waals surface area contributed by atoms with Crippen molar-refractivity contribution in [2.24, 2.45) is 5.10 Å². The van der Waals surface area contributed by atoms with Gasteiger partial charge in [-0.25, -0.2) is 9.40 Å². The molecule has 1 atom stereocenters. The molecular weight excluding hydrogens is 635 g/mol. The molecule has 2 amide bonds. The molecular formula is C32H26ClFN6O3S2. The first kappa shape index (κ1) is 30.5. The number of nitrogens with zero attached hydrogens (tertiary/aromatic N) is 5. The van der Waals surface area contributed by atoms with Crippen LogP contribution in [0.3, 0.4) is 0 Å². The highest BCUT2D eigenvalue weighted by atomic mass is 35.5. The highest BCUT2D eigenvalue weighted by Gasteiger charge is 2.33. The van der Waals surface area contributed by atoms with E-state index in [1.807, 2.05) is 41.8 Å². The second-order valence-electron chi connectivity index (χ2n) is 9.95. The number of rotatable bonds is 10. The van der Waals surface area contributed by atoms with E-state index in [0.29, 0.717) is 38.7 Å². The van der Waals surface area contributed by atoms with Crippen LogP contribution in [0.2, 0.25) is 5.02 Å². The minimum atomic E-state index is -0.412. The predicted octanol–water partition coefficient (Wildman–Crippen LogP) is 6.53. The highest BCUT2D eigenvalue weighted by molar-refractivity contribution is 7.99. The third-order valence-corrected chi connectivity index (χ3v) is 9.10. The quantitative estimate of drug-likeness (QED) is 0.171. The van der Waals surface area contributed by atoms with Crippen LogP contribution in [0.25, 0.3) is 5.69 Å². The zero-order chi connectivity index (χ0) is 31.3. The lowest BCUT2D eigenvalue weighted by Crippen LogP contribution is -2.28. The Morgan fingerprint density at radius 2 is 1.87 bits per heavy atom. The van der Waals surface area contributed by atoms with Gasteiger partial charge in [0, 0.05) is 11.4 Å².